The molecule has 3 rings (SSSR count). The summed E-state index contributed by atoms with van der Waals surface area (Å²) in [5.41, 5.74) is -0.566. The Kier molecular flexibility index (Phi) is 5.74. The Labute approximate surface area is 168 Å². The average molecular weight is 422 g/mol. The van der Waals surface area contributed by atoms with Gasteiger partial charge in [-0.25, -0.2) is 4.98 Å². The van der Waals surface area contributed by atoms with Gasteiger partial charge in [-0.3, -0.25) is 9.59 Å². The first-order chi connectivity index (χ1) is 13.6. The first-order valence-electron chi connectivity index (χ1n) is 8.49. The van der Waals surface area contributed by atoms with Crippen molar-refractivity contribution in [3.8, 4) is 11.4 Å². The van der Waals surface area contributed by atoms with Crippen LogP contribution in [0.1, 0.15) is 34.6 Å². The molecular weight excluding hydrogens is 407 g/mol. The summed E-state index contributed by atoms with van der Waals surface area (Å²) in [6, 6.07) is 12.4. The first-order valence-corrected chi connectivity index (χ1v) is 8.87. The predicted molar refractivity (Wildman–Crippen MR) is 103 cm³/mol. The maximum Gasteiger partial charge on any atom is 0.417 e. The smallest absolute Gasteiger partial charge is 0.344 e. The summed E-state index contributed by atoms with van der Waals surface area (Å²) in [5.74, 6) is -0.412. The van der Waals surface area contributed by atoms with Crippen LogP contribution in [0, 0.1) is 0 Å². The summed E-state index contributed by atoms with van der Waals surface area (Å²) in [5, 5.41) is 2.15. The van der Waals surface area contributed by atoms with Crippen molar-refractivity contribution in [3.63, 3.8) is 0 Å². The van der Waals surface area contributed by atoms with Crippen molar-refractivity contribution >= 4 is 17.5 Å². The van der Waals surface area contributed by atoms with E-state index in [2.05, 4.69) is 15.3 Å². The summed E-state index contributed by atoms with van der Waals surface area (Å²) in [6.07, 6.45) is -4.56. The monoisotopic (exact) mass is 421 g/mol. The number of rotatable bonds is 4. The molecule has 1 aromatic heterocycles. The maximum atomic E-state index is 12.8. The van der Waals surface area contributed by atoms with E-state index in [1.165, 1.54) is 6.07 Å². The van der Waals surface area contributed by atoms with Crippen molar-refractivity contribution in [2.45, 2.75) is 19.1 Å². The number of amides is 1. The van der Waals surface area contributed by atoms with E-state index in [1.807, 2.05) is 0 Å². The van der Waals surface area contributed by atoms with Gasteiger partial charge in [0.05, 0.1) is 16.6 Å². The lowest BCUT2D eigenvalue weighted by Gasteiger charge is -2.16. The van der Waals surface area contributed by atoms with Crippen LogP contribution in [0.2, 0.25) is 5.02 Å². The van der Waals surface area contributed by atoms with Gasteiger partial charge >= 0.3 is 6.18 Å². The normalized spacial score (nSPS) is 12.4. The molecule has 0 aliphatic heterocycles. The highest BCUT2D eigenvalue weighted by Gasteiger charge is 2.33. The molecular formula is C20H15ClF3N3O2. The number of benzene rings is 2. The van der Waals surface area contributed by atoms with Crippen molar-refractivity contribution in [1.82, 2.24) is 15.3 Å². The van der Waals surface area contributed by atoms with Gasteiger partial charge in [0.2, 0.25) is 0 Å². The van der Waals surface area contributed by atoms with Gasteiger partial charge in [-0.15, -0.1) is 0 Å². The minimum Gasteiger partial charge on any atom is -0.344 e. The van der Waals surface area contributed by atoms with Crippen LogP contribution in [-0.2, 0) is 6.18 Å². The second-order valence-corrected chi connectivity index (χ2v) is 6.68. The van der Waals surface area contributed by atoms with Gasteiger partial charge in [-0.05, 0) is 24.6 Å². The molecule has 0 aliphatic rings. The molecule has 1 amide bonds. The lowest BCUT2D eigenvalue weighted by molar-refractivity contribution is -0.137. The summed E-state index contributed by atoms with van der Waals surface area (Å²) in [4.78, 5) is 31.2. The van der Waals surface area contributed by atoms with Crippen LogP contribution in [0.15, 0.2) is 59.4 Å². The number of hydrogen-bond donors (Lipinski definition) is 2. The number of hydrogen-bond acceptors (Lipinski definition) is 3. The molecule has 0 saturated heterocycles. The molecule has 0 radical (unpaired) electrons. The fourth-order valence-corrected chi connectivity index (χ4v) is 2.99. The Balaban J connectivity index is 1.83. The van der Waals surface area contributed by atoms with E-state index in [4.69, 9.17) is 11.6 Å². The fourth-order valence-electron chi connectivity index (χ4n) is 2.69. The van der Waals surface area contributed by atoms with Crippen molar-refractivity contribution in [2.75, 3.05) is 0 Å². The van der Waals surface area contributed by atoms with E-state index in [1.54, 1.807) is 37.3 Å². The molecule has 0 spiro atoms. The first kappa shape index (κ1) is 20.6. The van der Waals surface area contributed by atoms with Gasteiger partial charge in [0.1, 0.15) is 11.5 Å². The molecule has 150 valence electrons. The van der Waals surface area contributed by atoms with E-state index in [0.29, 0.717) is 11.1 Å². The van der Waals surface area contributed by atoms with Crippen LogP contribution in [0.25, 0.3) is 11.4 Å². The van der Waals surface area contributed by atoms with E-state index in [-0.39, 0.29) is 11.5 Å². The molecule has 0 aliphatic carbocycles. The maximum absolute atomic E-state index is 12.8. The number of carbonyl (C=O) groups excluding carboxylic acids is 1. The van der Waals surface area contributed by atoms with Gasteiger partial charge in [0.25, 0.3) is 11.5 Å². The SMILES string of the molecule is C[C@@H](NC(=O)c1cc(=O)[nH]c(-c2ccccc2)n1)c1ccc(C(F)(F)F)c(Cl)c1. The third kappa shape index (κ3) is 4.83. The number of aromatic nitrogens is 2. The number of nitrogens with one attached hydrogen (secondary N) is 2. The molecule has 0 bridgehead atoms. The van der Waals surface area contributed by atoms with Gasteiger partial charge < -0.3 is 10.3 Å². The molecule has 3 aromatic rings. The fraction of sp³-hybridized carbons (Fsp3) is 0.150. The largest absolute Gasteiger partial charge is 0.417 e. The molecule has 2 N–H and O–H groups in total. The standard InChI is InChI=1S/C20H15ClF3N3O2/c1-11(13-7-8-14(15(21)9-13)20(22,23)24)25-19(29)16-10-17(28)27-18(26-16)12-5-3-2-4-6-12/h2-11H,1H3,(H,25,29)(H,26,27,28)/t11-/m1/s1. The summed E-state index contributed by atoms with van der Waals surface area (Å²) >= 11 is 5.73. The molecule has 5 nitrogen and oxygen atoms in total. The summed E-state index contributed by atoms with van der Waals surface area (Å²) in [6.45, 7) is 1.59. The molecule has 2 aromatic carbocycles. The molecule has 0 unspecified atom stereocenters. The second-order valence-electron chi connectivity index (χ2n) is 6.28. The summed E-state index contributed by atoms with van der Waals surface area (Å²) < 4.78 is 38.5. The highest BCUT2D eigenvalue weighted by atomic mass is 35.5. The van der Waals surface area contributed by atoms with Crippen LogP contribution >= 0.6 is 11.6 Å². The van der Waals surface area contributed by atoms with Crippen molar-refractivity contribution in [1.29, 1.82) is 0 Å². The minimum atomic E-state index is -4.56. The Bertz CT molecular complexity index is 1100. The number of halogens is 4. The van der Waals surface area contributed by atoms with Crippen LogP contribution in [0.4, 0.5) is 13.2 Å². The highest BCUT2D eigenvalue weighted by molar-refractivity contribution is 6.31. The van der Waals surface area contributed by atoms with Gasteiger partial charge in [-0.2, -0.15) is 13.2 Å². The number of nitrogens with zero attached hydrogens (tertiary/aromatic N) is 1. The Morgan fingerprint density at radius 2 is 1.83 bits per heavy atom. The van der Waals surface area contributed by atoms with Gasteiger partial charge in [0, 0.05) is 11.6 Å². The summed E-state index contributed by atoms with van der Waals surface area (Å²) in [7, 11) is 0. The van der Waals surface area contributed by atoms with Crippen LogP contribution in [0.3, 0.4) is 0 Å². The number of H-pyrrole nitrogens is 1. The molecule has 0 fully saturated rings. The Morgan fingerprint density at radius 1 is 1.14 bits per heavy atom. The van der Waals surface area contributed by atoms with Gasteiger partial charge in [-0.1, -0.05) is 48.0 Å². The zero-order valence-electron chi connectivity index (χ0n) is 15.0. The molecule has 9 heteroatoms. The second kappa shape index (κ2) is 8.08. The molecule has 1 heterocycles. The highest BCUT2D eigenvalue weighted by Crippen LogP contribution is 2.35. The Morgan fingerprint density at radius 3 is 2.45 bits per heavy atom. The zero-order chi connectivity index (χ0) is 21.2. The molecule has 1 atom stereocenters. The quantitative estimate of drug-likeness (QED) is 0.646. The van der Waals surface area contributed by atoms with Crippen LogP contribution in [0.5, 0.6) is 0 Å². The zero-order valence-corrected chi connectivity index (χ0v) is 15.8. The van der Waals surface area contributed by atoms with Gasteiger partial charge in [0.15, 0.2) is 0 Å². The van der Waals surface area contributed by atoms with Crippen LogP contribution < -0.4 is 10.9 Å². The lowest BCUT2D eigenvalue weighted by atomic mass is 10.1. The average Bonchev–Trinajstić information content (AvgIpc) is 2.67. The molecule has 29 heavy (non-hydrogen) atoms. The number of alkyl halides is 3. The Hall–Kier alpha value is -3.13. The predicted octanol–water partition coefficient (Wildman–Crippen LogP) is 4.60. The number of aromatic amines is 1. The van der Waals surface area contributed by atoms with Crippen molar-refractivity contribution in [2.24, 2.45) is 0 Å². The molecule has 0 saturated carbocycles. The third-order valence-corrected chi connectivity index (χ3v) is 4.48. The van der Waals surface area contributed by atoms with E-state index in [0.717, 1.165) is 18.2 Å². The third-order valence-electron chi connectivity index (χ3n) is 4.17. The van der Waals surface area contributed by atoms with E-state index in [9.17, 15) is 22.8 Å². The number of carbonyl (C=O) groups is 1. The van der Waals surface area contributed by atoms with Crippen molar-refractivity contribution < 1.29 is 18.0 Å². The van der Waals surface area contributed by atoms with E-state index >= 15 is 0 Å². The minimum absolute atomic E-state index is 0.113. The van der Waals surface area contributed by atoms with E-state index < -0.39 is 34.3 Å². The lowest BCUT2D eigenvalue weighted by Crippen LogP contribution is -2.29. The van der Waals surface area contributed by atoms with Crippen LogP contribution in [-0.4, -0.2) is 15.9 Å². The van der Waals surface area contributed by atoms with Crippen molar-refractivity contribution in [3.05, 3.63) is 86.8 Å². The topological polar surface area (TPSA) is 74.8 Å².